The molecule has 6 nitrogen and oxygen atoms in total. The van der Waals surface area contributed by atoms with Gasteiger partial charge in [0.15, 0.2) is 0 Å². The molecule has 1 aromatic heterocycles. The molecule has 0 aliphatic carbocycles. The van der Waals surface area contributed by atoms with E-state index >= 15 is 0 Å². The molecule has 0 radical (unpaired) electrons. The van der Waals surface area contributed by atoms with Gasteiger partial charge in [0.25, 0.3) is 5.91 Å². The van der Waals surface area contributed by atoms with E-state index in [4.69, 9.17) is 13.9 Å². The van der Waals surface area contributed by atoms with Crippen LogP contribution in [0.4, 0.5) is 0 Å². The zero-order chi connectivity index (χ0) is 18.7. The van der Waals surface area contributed by atoms with E-state index in [1.54, 1.807) is 57.5 Å². The highest BCUT2D eigenvalue weighted by Crippen LogP contribution is 2.29. The average molecular weight is 353 g/mol. The maximum atomic E-state index is 12.6. The van der Waals surface area contributed by atoms with Gasteiger partial charge in [0.2, 0.25) is 0 Å². The summed E-state index contributed by atoms with van der Waals surface area (Å²) < 4.78 is 15.8. The molecule has 134 valence electrons. The molecule has 3 aromatic rings. The summed E-state index contributed by atoms with van der Waals surface area (Å²) in [6, 6.07) is 13.5. The molecule has 1 atom stereocenters. The largest absolute Gasteiger partial charge is 0.497 e. The normalized spacial score (nSPS) is 11.8. The SMILES string of the molecule is COc1ccc(OC)c([C@H](C)NC(=O)c2cc3ccccc3oc2=O)c1. The molecule has 0 unspecified atom stereocenters. The fourth-order valence-electron chi connectivity index (χ4n) is 2.75. The highest BCUT2D eigenvalue weighted by molar-refractivity contribution is 5.96. The van der Waals surface area contributed by atoms with Crippen LogP contribution in [-0.2, 0) is 0 Å². The number of methoxy groups -OCH3 is 2. The number of rotatable bonds is 5. The monoisotopic (exact) mass is 353 g/mol. The lowest BCUT2D eigenvalue weighted by Crippen LogP contribution is -2.30. The molecule has 0 aliphatic rings. The topological polar surface area (TPSA) is 77.8 Å². The lowest BCUT2D eigenvalue weighted by Gasteiger charge is -2.18. The highest BCUT2D eigenvalue weighted by Gasteiger charge is 2.19. The minimum absolute atomic E-state index is 0.0441. The average Bonchev–Trinajstić information content (AvgIpc) is 2.66. The third kappa shape index (κ3) is 3.39. The minimum atomic E-state index is -0.675. The van der Waals surface area contributed by atoms with Crippen LogP contribution in [-0.4, -0.2) is 20.1 Å². The van der Waals surface area contributed by atoms with Crippen molar-refractivity contribution in [3.63, 3.8) is 0 Å². The van der Waals surface area contributed by atoms with Crippen molar-refractivity contribution in [3.05, 3.63) is 70.1 Å². The molecule has 26 heavy (non-hydrogen) atoms. The van der Waals surface area contributed by atoms with Gasteiger partial charge in [-0.3, -0.25) is 4.79 Å². The summed E-state index contributed by atoms with van der Waals surface area (Å²) in [5.74, 6) is 0.748. The second-order valence-corrected chi connectivity index (χ2v) is 5.79. The summed E-state index contributed by atoms with van der Waals surface area (Å²) in [6.07, 6.45) is 0. The van der Waals surface area contributed by atoms with Gasteiger partial charge in [-0.2, -0.15) is 0 Å². The van der Waals surface area contributed by atoms with Gasteiger partial charge in [-0.15, -0.1) is 0 Å². The number of ether oxygens (including phenoxy) is 2. The summed E-state index contributed by atoms with van der Waals surface area (Å²) in [6.45, 7) is 1.80. The van der Waals surface area contributed by atoms with Crippen molar-refractivity contribution in [3.8, 4) is 11.5 Å². The molecule has 1 amide bonds. The Kier molecular flexibility index (Phi) is 4.93. The molecule has 6 heteroatoms. The Morgan fingerprint density at radius 2 is 1.85 bits per heavy atom. The van der Waals surface area contributed by atoms with Gasteiger partial charge < -0.3 is 19.2 Å². The predicted molar refractivity (Wildman–Crippen MR) is 97.9 cm³/mol. The number of carbonyl (C=O) groups excluding carboxylic acids is 1. The summed E-state index contributed by atoms with van der Waals surface area (Å²) >= 11 is 0. The van der Waals surface area contributed by atoms with Crippen LogP contribution in [0.2, 0.25) is 0 Å². The van der Waals surface area contributed by atoms with E-state index < -0.39 is 17.6 Å². The predicted octanol–water partition coefficient (Wildman–Crippen LogP) is 3.30. The molecule has 0 bridgehead atoms. The first kappa shape index (κ1) is 17.5. The number of benzene rings is 2. The molecular weight excluding hydrogens is 334 g/mol. The fourth-order valence-corrected chi connectivity index (χ4v) is 2.75. The number of fused-ring (bicyclic) bond motifs is 1. The van der Waals surface area contributed by atoms with Gasteiger partial charge in [0.05, 0.1) is 20.3 Å². The first-order chi connectivity index (χ1) is 12.5. The van der Waals surface area contributed by atoms with Crippen LogP contribution in [0.5, 0.6) is 11.5 Å². The van der Waals surface area contributed by atoms with Gasteiger partial charge in [-0.05, 0) is 37.3 Å². The molecule has 0 fully saturated rings. The van der Waals surface area contributed by atoms with Crippen LogP contribution in [0.15, 0.2) is 57.7 Å². The van der Waals surface area contributed by atoms with Crippen molar-refractivity contribution in [2.45, 2.75) is 13.0 Å². The number of nitrogens with one attached hydrogen (secondary N) is 1. The minimum Gasteiger partial charge on any atom is -0.497 e. The third-order valence-electron chi connectivity index (χ3n) is 4.14. The van der Waals surface area contributed by atoms with Crippen molar-refractivity contribution < 1.29 is 18.7 Å². The van der Waals surface area contributed by atoms with Gasteiger partial charge in [0.1, 0.15) is 22.6 Å². The first-order valence-electron chi connectivity index (χ1n) is 8.09. The molecule has 2 aromatic carbocycles. The van der Waals surface area contributed by atoms with E-state index in [9.17, 15) is 9.59 Å². The second kappa shape index (κ2) is 7.31. The van der Waals surface area contributed by atoms with E-state index in [-0.39, 0.29) is 5.56 Å². The fraction of sp³-hybridized carbons (Fsp3) is 0.200. The van der Waals surface area contributed by atoms with Crippen LogP contribution in [0.25, 0.3) is 11.0 Å². The van der Waals surface area contributed by atoms with Gasteiger partial charge >= 0.3 is 5.63 Å². The maximum Gasteiger partial charge on any atom is 0.349 e. The number of hydrogen-bond donors (Lipinski definition) is 1. The van der Waals surface area contributed by atoms with Gasteiger partial charge in [0, 0.05) is 10.9 Å². The van der Waals surface area contributed by atoms with Crippen LogP contribution in [0.3, 0.4) is 0 Å². The zero-order valence-electron chi connectivity index (χ0n) is 14.7. The summed E-state index contributed by atoms with van der Waals surface area (Å²) in [7, 11) is 3.12. The maximum absolute atomic E-state index is 12.6. The van der Waals surface area contributed by atoms with Gasteiger partial charge in [-0.1, -0.05) is 18.2 Å². The number of hydrogen-bond acceptors (Lipinski definition) is 5. The van der Waals surface area contributed by atoms with Crippen molar-refractivity contribution >= 4 is 16.9 Å². The van der Waals surface area contributed by atoms with E-state index in [2.05, 4.69) is 5.32 Å². The molecular formula is C20H19NO5. The molecule has 1 heterocycles. The molecule has 0 aliphatic heterocycles. The third-order valence-corrected chi connectivity index (χ3v) is 4.14. The van der Waals surface area contributed by atoms with Crippen LogP contribution < -0.4 is 20.4 Å². The summed E-state index contributed by atoms with van der Waals surface area (Å²) in [5.41, 5.74) is 0.463. The lowest BCUT2D eigenvalue weighted by atomic mass is 10.1. The van der Waals surface area contributed by atoms with E-state index in [0.717, 1.165) is 5.56 Å². The number of carbonyl (C=O) groups is 1. The smallest absolute Gasteiger partial charge is 0.349 e. The number of para-hydroxylation sites is 1. The van der Waals surface area contributed by atoms with E-state index in [0.29, 0.717) is 22.5 Å². The van der Waals surface area contributed by atoms with Crippen molar-refractivity contribution in [1.82, 2.24) is 5.32 Å². The Morgan fingerprint density at radius 1 is 1.08 bits per heavy atom. The number of amides is 1. The Bertz CT molecular complexity index is 1010. The summed E-state index contributed by atoms with van der Waals surface area (Å²) in [4.78, 5) is 24.7. The van der Waals surface area contributed by atoms with Crippen molar-refractivity contribution in [2.75, 3.05) is 14.2 Å². The molecule has 0 saturated carbocycles. The molecule has 1 N–H and O–H groups in total. The molecule has 0 saturated heterocycles. The Morgan fingerprint density at radius 3 is 2.58 bits per heavy atom. The zero-order valence-corrected chi connectivity index (χ0v) is 14.7. The quantitative estimate of drug-likeness (QED) is 0.712. The van der Waals surface area contributed by atoms with Crippen molar-refractivity contribution in [2.24, 2.45) is 0 Å². The van der Waals surface area contributed by atoms with Crippen LogP contribution in [0, 0.1) is 0 Å². The standard InChI is InChI=1S/C20H19NO5/c1-12(15-11-14(24-2)8-9-18(15)25-3)21-19(22)16-10-13-6-4-5-7-17(13)26-20(16)23/h4-12H,1-3H3,(H,21,22)/t12-/m0/s1. The highest BCUT2D eigenvalue weighted by atomic mass is 16.5. The molecule has 0 spiro atoms. The van der Waals surface area contributed by atoms with Gasteiger partial charge in [-0.25, -0.2) is 4.79 Å². The van der Waals surface area contributed by atoms with E-state index in [1.165, 1.54) is 6.07 Å². The van der Waals surface area contributed by atoms with Crippen molar-refractivity contribution in [1.29, 1.82) is 0 Å². The Balaban J connectivity index is 1.90. The van der Waals surface area contributed by atoms with Crippen LogP contribution in [0.1, 0.15) is 28.9 Å². The van der Waals surface area contributed by atoms with E-state index in [1.807, 2.05) is 6.07 Å². The van der Waals surface area contributed by atoms with Crippen LogP contribution >= 0.6 is 0 Å². The Labute approximate surface area is 150 Å². The first-order valence-corrected chi connectivity index (χ1v) is 8.09. The molecule has 3 rings (SSSR count). The summed E-state index contributed by atoms with van der Waals surface area (Å²) in [5, 5.41) is 3.49. The second-order valence-electron chi connectivity index (χ2n) is 5.79. The Hall–Kier alpha value is -3.28. The lowest BCUT2D eigenvalue weighted by molar-refractivity contribution is 0.0936.